The van der Waals surface area contributed by atoms with Gasteiger partial charge in [-0.3, -0.25) is 4.79 Å². The van der Waals surface area contributed by atoms with Crippen LogP contribution in [0, 0.1) is 0 Å². The van der Waals surface area contributed by atoms with E-state index in [1.807, 2.05) is 0 Å². The van der Waals surface area contributed by atoms with Gasteiger partial charge in [0.05, 0.1) is 39.5 Å². The lowest BCUT2D eigenvalue weighted by atomic mass is 9.90. The smallest absolute Gasteiger partial charge is 0.258 e. The van der Waals surface area contributed by atoms with E-state index in [-0.39, 0.29) is 5.56 Å². The van der Waals surface area contributed by atoms with Crippen LogP contribution in [-0.4, -0.2) is 38.1 Å². The highest BCUT2D eigenvalue weighted by Gasteiger charge is 2.42. The van der Waals surface area contributed by atoms with Crippen LogP contribution < -0.4 is 24.5 Å². The lowest BCUT2D eigenvalue weighted by Crippen LogP contribution is -2.24. The van der Waals surface area contributed by atoms with Crippen LogP contribution in [0.15, 0.2) is 29.1 Å². The van der Waals surface area contributed by atoms with E-state index in [1.54, 1.807) is 57.0 Å². The van der Waals surface area contributed by atoms with Gasteiger partial charge < -0.3 is 28.6 Å². The molecule has 1 heterocycles. The van der Waals surface area contributed by atoms with Gasteiger partial charge in [0, 0.05) is 23.7 Å². The average Bonchev–Trinajstić information content (AvgIpc) is 2.96. The predicted octanol–water partition coefficient (Wildman–Crippen LogP) is 2.81. The van der Waals surface area contributed by atoms with Crippen molar-refractivity contribution in [2.24, 2.45) is 7.05 Å². The number of hydrogen-bond acceptors (Lipinski definition) is 6. The molecule has 0 saturated heterocycles. The van der Waals surface area contributed by atoms with Crippen LogP contribution in [0.1, 0.15) is 18.1 Å². The molecule has 1 aliphatic rings. The van der Waals surface area contributed by atoms with Crippen molar-refractivity contribution in [3.05, 3.63) is 45.7 Å². The first-order valence-corrected chi connectivity index (χ1v) is 9.08. The lowest BCUT2D eigenvalue weighted by molar-refractivity contribution is 0.108. The molecule has 1 atom stereocenters. The summed E-state index contributed by atoms with van der Waals surface area (Å²) in [5, 5.41) is 12.7. The Kier molecular flexibility index (Phi) is 4.24. The fourth-order valence-corrected chi connectivity index (χ4v) is 4.26. The molecule has 2 aromatic carbocycles. The average molecular weight is 397 g/mol. The molecule has 0 amide bonds. The molecular weight excluding hydrogens is 374 g/mol. The molecule has 3 aromatic rings. The molecule has 7 nitrogen and oxygen atoms in total. The summed E-state index contributed by atoms with van der Waals surface area (Å²) in [6.45, 7) is 1.71. The molecule has 1 aromatic heterocycles. The fourth-order valence-electron chi connectivity index (χ4n) is 4.26. The first kappa shape index (κ1) is 19.1. The van der Waals surface area contributed by atoms with Crippen LogP contribution >= 0.6 is 0 Å². The van der Waals surface area contributed by atoms with Gasteiger partial charge in [0.15, 0.2) is 23.0 Å². The molecule has 4 rings (SSSR count). The molecule has 7 heteroatoms. The molecule has 0 aliphatic heterocycles. The molecular formula is C22H23NO6. The fraction of sp³-hybridized carbons (Fsp3) is 0.318. The molecule has 152 valence electrons. The van der Waals surface area contributed by atoms with E-state index < -0.39 is 5.60 Å². The summed E-state index contributed by atoms with van der Waals surface area (Å²) in [6, 6.07) is 6.94. The topological polar surface area (TPSA) is 79.2 Å². The summed E-state index contributed by atoms with van der Waals surface area (Å²) in [7, 11) is 7.84. The third kappa shape index (κ3) is 2.43. The zero-order valence-electron chi connectivity index (χ0n) is 17.2. The van der Waals surface area contributed by atoms with Gasteiger partial charge in [0.1, 0.15) is 5.60 Å². The van der Waals surface area contributed by atoms with Crippen molar-refractivity contribution in [2.75, 3.05) is 28.4 Å². The normalized spacial score (nSPS) is 17.1. The van der Waals surface area contributed by atoms with E-state index in [0.717, 1.165) is 5.56 Å². The van der Waals surface area contributed by atoms with Gasteiger partial charge in [-0.2, -0.15) is 0 Å². The molecule has 0 bridgehead atoms. The Labute approximate surface area is 168 Å². The number of fused-ring (bicyclic) bond motifs is 5. The number of benzene rings is 2. The maximum absolute atomic E-state index is 13.2. The molecule has 0 spiro atoms. The second kappa shape index (κ2) is 6.42. The lowest BCUT2D eigenvalue weighted by Gasteiger charge is -2.23. The van der Waals surface area contributed by atoms with Crippen molar-refractivity contribution in [3.63, 3.8) is 0 Å². The Balaban J connectivity index is 2.19. The highest BCUT2D eigenvalue weighted by molar-refractivity contribution is 5.97. The second-order valence-electron chi connectivity index (χ2n) is 7.17. The number of ether oxygens (including phenoxy) is 4. The Bertz CT molecular complexity index is 1210. The quantitative estimate of drug-likeness (QED) is 0.729. The van der Waals surface area contributed by atoms with Crippen molar-refractivity contribution in [2.45, 2.75) is 12.5 Å². The Morgan fingerprint density at radius 2 is 1.31 bits per heavy atom. The molecule has 0 fully saturated rings. The molecule has 0 saturated carbocycles. The zero-order chi connectivity index (χ0) is 21.1. The number of rotatable bonds is 4. The number of pyridine rings is 1. The largest absolute Gasteiger partial charge is 0.493 e. The molecule has 1 N–H and O–H groups in total. The third-order valence-corrected chi connectivity index (χ3v) is 5.69. The van der Waals surface area contributed by atoms with Gasteiger partial charge >= 0.3 is 0 Å². The van der Waals surface area contributed by atoms with Crippen molar-refractivity contribution >= 4 is 10.8 Å². The standard InChI is InChI=1S/C22H23NO6/c1-22(25)14-10-18(29-6)17(28-5)9-13(14)20-19(22)11-7-15(26-3)16(27-4)8-12(11)21(24)23(20)2/h7-10,25H,1-6H3. The van der Waals surface area contributed by atoms with E-state index in [0.29, 0.717) is 50.6 Å². The van der Waals surface area contributed by atoms with E-state index in [9.17, 15) is 9.90 Å². The first-order valence-electron chi connectivity index (χ1n) is 9.08. The number of hydrogen-bond donors (Lipinski definition) is 1. The summed E-state index contributed by atoms with van der Waals surface area (Å²) < 4.78 is 23.2. The van der Waals surface area contributed by atoms with Crippen LogP contribution in [0.3, 0.4) is 0 Å². The highest BCUT2D eigenvalue weighted by Crippen LogP contribution is 2.52. The van der Waals surface area contributed by atoms with E-state index in [2.05, 4.69) is 0 Å². The Morgan fingerprint density at radius 1 is 0.828 bits per heavy atom. The van der Waals surface area contributed by atoms with Crippen molar-refractivity contribution < 1.29 is 24.1 Å². The summed E-state index contributed by atoms with van der Waals surface area (Å²) in [6.07, 6.45) is 0. The minimum Gasteiger partial charge on any atom is -0.493 e. The van der Waals surface area contributed by atoms with Crippen molar-refractivity contribution in [1.82, 2.24) is 4.57 Å². The van der Waals surface area contributed by atoms with E-state index in [1.165, 1.54) is 14.2 Å². The molecule has 1 unspecified atom stereocenters. The predicted molar refractivity (Wildman–Crippen MR) is 110 cm³/mol. The number of nitrogens with zero attached hydrogens (tertiary/aromatic N) is 1. The zero-order valence-corrected chi connectivity index (χ0v) is 17.2. The van der Waals surface area contributed by atoms with Crippen LogP contribution in [-0.2, 0) is 12.6 Å². The summed E-state index contributed by atoms with van der Waals surface area (Å²) in [4.78, 5) is 13.2. The van der Waals surface area contributed by atoms with Gasteiger partial charge in [-0.1, -0.05) is 0 Å². The van der Waals surface area contributed by atoms with Gasteiger partial charge in [0.2, 0.25) is 0 Å². The van der Waals surface area contributed by atoms with Gasteiger partial charge in [0.25, 0.3) is 5.56 Å². The summed E-state index contributed by atoms with van der Waals surface area (Å²) in [5.74, 6) is 1.97. The molecule has 0 radical (unpaired) electrons. The number of methoxy groups -OCH3 is 4. The first-order chi connectivity index (χ1) is 13.8. The van der Waals surface area contributed by atoms with Crippen molar-refractivity contribution in [3.8, 4) is 34.3 Å². The maximum atomic E-state index is 13.2. The SMILES string of the molecule is COc1cc2c(cc1OC)C(C)(O)c1c-2n(C)c(=O)c2cc(OC)c(OC)cc12. The van der Waals surface area contributed by atoms with Crippen LogP contribution in [0.4, 0.5) is 0 Å². The highest BCUT2D eigenvalue weighted by atomic mass is 16.5. The van der Waals surface area contributed by atoms with Gasteiger partial charge in [-0.25, -0.2) is 0 Å². The minimum absolute atomic E-state index is 0.196. The molecule has 1 aliphatic carbocycles. The summed E-state index contributed by atoms with van der Waals surface area (Å²) in [5.41, 5.74) is 1.07. The summed E-state index contributed by atoms with van der Waals surface area (Å²) >= 11 is 0. The third-order valence-electron chi connectivity index (χ3n) is 5.69. The minimum atomic E-state index is -1.35. The van der Waals surface area contributed by atoms with Gasteiger partial charge in [-0.05, 0) is 36.6 Å². The molecule has 29 heavy (non-hydrogen) atoms. The maximum Gasteiger partial charge on any atom is 0.258 e. The number of aliphatic hydroxyl groups is 1. The van der Waals surface area contributed by atoms with E-state index >= 15 is 0 Å². The Morgan fingerprint density at radius 3 is 1.86 bits per heavy atom. The monoisotopic (exact) mass is 397 g/mol. The Hall–Kier alpha value is -3.19. The van der Waals surface area contributed by atoms with Crippen LogP contribution in [0.25, 0.3) is 22.0 Å². The van der Waals surface area contributed by atoms with Crippen LogP contribution in [0.5, 0.6) is 23.0 Å². The van der Waals surface area contributed by atoms with Crippen LogP contribution in [0.2, 0.25) is 0 Å². The van der Waals surface area contributed by atoms with E-state index in [4.69, 9.17) is 18.9 Å². The van der Waals surface area contributed by atoms with Gasteiger partial charge in [-0.15, -0.1) is 0 Å². The van der Waals surface area contributed by atoms with Crippen molar-refractivity contribution in [1.29, 1.82) is 0 Å². The number of aromatic nitrogens is 1. The second-order valence-corrected chi connectivity index (χ2v) is 7.17.